The van der Waals surface area contributed by atoms with Crippen molar-refractivity contribution in [1.82, 2.24) is 20.1 Å². The van der Waals surface area contributed by atoms with Gasteiger partial charge in [0.05, 0.1) is 19.3 Å². The molecule has 0 fully saturated rings. The van der Waals surface area contributed by atoms with Crippen molar-refractivity contribution in [3.05, 3.63) is 12.7 Å². The molecular formula is C8H16N4O2. The minimum Gasteiger partial charge on any atom is -0.390 e. The molecule has 0 aliphatic carbocycles. The molecule has 14 heavy (non-hydrogen) atoms. The van der Waals surface area contributed by atoms with Crippen LogP contribution in [0.3, 0.4) is 0 Å². The van der Waals surface area contributed by atoms with Crippen LogP contribution in [0.4, 0.5) is 0 Å². The van der Waals surface area contributed by atoms with E-state index in [1.165, 1.54) is 6.33 Å². The molecule has 0 saturated carbocycles. The number of methoxy groups -OCH3 is 1. The molecule has 0 aliphatic rings. The van der Waals surface area contributed by atoms with Gasteiger partial charge in [0.1, 0.15) is 12.7 Å². The zero-order valence-corrected chi connectivity index (χ0v) is 8.26. The number of nitrogens with one attached hydrogen (secondary N) is 1. The monoisotopic (exact) mass is 200 g/mol. The van der Waals surface area contributed by atoms with Crippen LogP contribution in [0.25, 0.3) is 0 Å². The Morgan fingerprint density at radius 1 is 1.64 bits per heavy atom. The fraction of sp³-hybridized carbons (Fsp3) is 0.750. The Bertz CT molecular complexity index is 227. The molecule has 1 atom stereocenters. The Kier molecular flexibility index (Phi) is 5.13. The van der Waals surface area contributed by atoms with Crippen LogP contribution in [0.1, 0.15) is 0 Å². The molecule has 0 spiro atoms. The summed E-state index contributed by atoms with van der Waals surface area (Å²) in [5.74, 6) is 0. The molecule has 0 saturated heterocycles. The Hall–Kier alpha value is -0.980. The Morgan fingerprint density at radius 2 is 2.50 bits per heavy atom. The number of ether oxygens (including phenoxy) is 1. The van der Waals surface area contributed by atoms with Crippen LogP contribution < -0.4 is 5.32 Å². The molecule has 1 heterocycles. The summed E-state index contributed by atoms with van der Waals surface area (Å²) in [6.07, 6.45) is 2.58. The summed E-state index contributed by atoms with van der Waals surface area (Å²) >= 11 is 0. The normalized spacial score (nSPS) is 13.0. The molecular weight excluding hydrogens is 184 g/mol. The highest BCUT2D eigenvalue weighted by Crippen LogP contribution is 1.87. The van der Waals surface area contributed by atoms with E-state index in [4.69, 9.17) is 4.74 Å². The van der Waals surface area contributed by atoms with Gasteiger partial charge in [-0.2, -0.15) is 5.10 Å². The van der Waals surface area contributed by atoms with Gasteiger partial charge in [-0.25, -0.2) is 4.98 Å². The molecule has 6 heteroatoms. The number of hydrogen-bond donors (Lipinski definition) is 2. The predicted molar refractivity (Wildman–Crippen MR) is 50.8 cm³/mol. The molecule has 80 valence electrons. The third-order valence-corrected chi connectivity index (χ3v) is 1.73. The molecule has 0 bridgehead atoms. The second-order valence-corrected chi connectivity index (χ2v) is 2.97. The average molecular weight is 200 g/mol. The van der Waals surface area contributed by atoms with Crippen molar-refractivity contribution in [2.75, 3.05) is 26.8 Å². The highest BCUT2D eigenvalue weighted by molar-refractivity contribution is 4.63. The smallest absolute Gasteiger partial charge is 0.137 e. The molecule has 6 nitrogen and oxygen atoms in total. The highest BCUT2D eigenvalue weighted by Gasteiger charge is 2.04. The molecule has 0 radical (unpaired) electrons. The van der Waals surface area contributed by atoms with Crippen molar-refractivity contribution in [2.45, 2.75) is 12.6 Å². The minimum atomic E-state index is -0.450. The molecule has 1 rings (SSSR count). The van der Waals surface area contributed by atoms with E-state index < -0.39 is 6.10 Å². The summed E-state index contributed by atoms with van der Waals surface area (Å²) in [5, 5.41) is 16.5. The lowest BCUT2D eigenvalue weighted by molar-refractivity contribution is 0.140. The first-order valence-corrected chi connectivity index (χ1v) is 4.53. The lowest BCUT2D eigenvalue weighted by atomic mass is 10.3. The molecule has 0 amide bonds. The van der Waals surface area contributed by atoms with Crippen molar-refractivity contribution < 1.29 is 9.84 Å². The number of rotatable bonds is 7. The summed E-state index contributed by atoms with van der Waals surface area (Å²) < 4.78 is 6.46. The van der Waals surface area contributed by atoms with Crippen molar-refractivity contribution >= 4 is 0 Å². The number of aliphatic hydroxyl groups excluding tert-OH is 1. The fourth-order valence-electron chi connectivity index (χ4n) is 1.05. The van der Waals surface area contributed by atoms with E-state index in [9.17, 15) is 5.11 Å². The van der Waals surface area contributed by atoms with Gasteiger partial charge in [0.15, 0.2) is 0 Å². The third kappa shape index (κ3) is 4.31. The van der Waals surface area contributed by atoms with E-state index in [1.54, 1.807) is 18.1 Å². The van der Waals surface area contributed by atoms with Gasteiger partial charge in [-0.3, -0.25) is 4.68 Å². The molecule has 1 unspecified atom stereocenters. The second-order valence-electron chi connectivity index (χ2n) is 2.97. The van der Waals surface area contributed by atoms with Gasteiger partial charge in [0, 0.05) is 20.2 Å². The topological polar surface area (TPSA) is 72.2 Å². The Balaban J connectivity index is 2.07. The second kappa shape index (κ2) is 6.47. The van der Waals surface area contributed by atoms with Crippen molar-refractivity contribution in [2.24, 2.45) is 0 Å². The largest absolute Gasteiger partial charge is 0.390 e. The summed E-state index contributed by atoms with van der Waals surface area (Å²) in [4.78, 5) is 3.79. The zero-order chi connectivity index (χ0) is 10.2. The molecule has 2 N–H and O–H groups in total. The average Bonchev–Trinajstić information content (AvgIpc) is 2.65. The fourth-order valence-corrected chi connectivity index (χ4v) is 1.05. The van der Waals surface area contributed by atoms with E-state index in [2.05, 4.69) is 15.4 Å². The maximum absolute atomic E-state index is 9.53. The van der Waals surface area contributed by atoms with Gasteiger partial charge in [0.2, 0.25) is 0 Å². The first-order valence-electron chi connectivity index (χ1n) is 4.53. The van der Waals surface area contributed by atoms with Crippen molar-refractivity contribution in [3.8, 4) is 0 Å². The first-order chi connectivity index (χ1) is 6.83. The van der Waals surface area contributed by atoms with E-state index >= 15 is 0 Å². The van der Waals surface area contributed by atoms with E-state index in [0.29, 0.717) is 19.7 Å². The van der Waals surface area contributed by atoms with Gasteiger partial charge in [-0.05, 0) is 0 Å². The van der Waals surface area contributed by atoms with Gasteiger partial charge < -0.3 is 15.2 Å². The van der Waals surface area contributed by atoms with Gasteiger partial charge in [-0.15, -0.1) is 0 Å². The van der Waals surface area contributed by atoms with Crippen LogP contribution in [0.15, 0.2) is 12.7 Å². The molecule has 1 aromatic heterocycles. The van der Waals surface area contributed by atoms with Crippen LogP contribution in [-0.4, -0.2) is 52.8 Å². The summed E-state index contributed by atoms with van der Waals surface area (Å²) in [6, 6.07) is 0. The maximum atomic E-state index is 9.53. The summed E-state index contributed by atoms with van der Waals surface area (Å²) in [5.41, 5.74) is 0. The highest BCUT2D eigenvalue weighted by atomic mass is 16.5. The SMILES string of the molecule is COCCNCC(O)Cn1cncn1. The molecule has 1 aromatic rings. The van der Waals surface area contributed by atoms with Crippen LogP contribution in [0, 0.1) is 0 Å². The van der Waals surface area contributed by atoms with Gasteiger partial charge >= 0.3 is 0 Å². The summed E-state index contributed by atoms with van der Waals surface area (Å²) in [7, 11) is 1.65. The van der Waals surface area contributed by atoms with Crippen molar-refractivity contribution in [1.29, 1.82) is 0 Å². The zero-order valence-electron chi connectivity index (χ0n) is 8.26. The third-order valence-electron chi connectivity index (χ3n) is 1.73. The lowest BCUT2D eigenvalue weighted by Crippen LogP contribution is -2.32. The number of nitrogens with zero attached hydrogens (tertiary/aromatic N) is 3. The Labute approximate surface area is 82.9 Å². The van der Waals surface area contributed by atoms with Crippen LogP contribution in [0.5, 0.6) is 0 Å². The predicted octanol–water partition coefficient (Wildman–Crippen LogP) is -1.12. The summed E-state index contributed by atoms with van der Waals surface area (Å²) in [6.45, 7) is 2.38. The lowest BCUT2D eigenvalue weighted by Gasteiger charge is -2.10. The Morgan fingerprint density at radius 3 is 3.14 bits per heavy atom. The van der Waals surface area contributed by atoms with Crippen LogP contribution >= 0.6 is 0 Å². The number of aromatic nitrogens is 3. The molecule has 0 aliphatic heterocycles. The standard InChI is InChI=1S/C8H16N4O2/c1-14-3-2-9-4-8(13)5-12-7-10-6-11-12/h6-9,13H,2-5H2,1H3. The molecule has 0 aromatic carbocycles. The van der Waals surface area contributed by atoms with Crippen LogP contribution in [-0.2, 0) is 11.3 Å². The van der Waals surface area contributed by atoms with Gasteiger partial charge in [0.25, 0.3) is 0 Å². The van der Waals surface area contributed by atoms with Crippen LogP contribution in [0.2, 0.25) is 0 Å². The van der Waals surface area contributed by atoms with E-state index in [-0.39, 0.29) is 0 Å². The minimum absolute atomic E-state index is 0.450. The maximum Gasteiger partial charge on any atom is 0.137 e. The number of aliphatic hydroxyl groups is 1. The number of hydrogen-bond acceptors (Lipinski definition) is 5. The van der Waals surface area contributed by atoms with Gasteiger partial charge in [-0.1, -0.05) is 0 Å². The van der Waals surface area contributed by atoms with E-state index in [0.717, 1.165) is 6.54 Å². The first kappa shape index (κ1) is 11.1. The van der Waals surface area contributed by atoms with E-state index in [1.807, 2.05) is 0 Å². The quantitative estimate of drug-likeness (QED) is 0.545. The van der Waals surface area contributed by atoms with Crippen molar-refractivity contribution in [3.63, 3.8) is 0 Å².